The van der Waals surface area contributed by atoms with Gasteiger partial charge in [0, 0.05) is 48.9 Å². The maximum absolute atomic E-state index is 12.1. The van der Waals surface area contributed by atoms with Gasteiger partial charge in [0.15, 0.2) is 0 Å². The van der Waals surface area contributed by atoms with Crippen LogP contribution >= 0.6 is 0 Å². The van der Waals surface area contributed by atoms with Crippen LogP contribution in [0.25, 0.3) is 67.1 Å². The van der Waals surface area contributed by atoms with Crippen molar-refractivity contribution in [2.75, 3.05) is 14.1 Å². The highest BCUT2D eigenvalue weighted by molar-refractivity contribution is 5.99. The molecule has 0 fully saturated rings. The summed E-state index contributed by atoms with van der Waals surface area (Å²) in [5.74, 6) is 1.64. The van der Waals surface area contributed by atoms with E-state index in [4.69, 9.17) is 9.97 Å². The summed E-state index contributed by atoms with van der Waals surface area (Å²) in [5.41, 5.74) is 18.3. The smallest absolute Gasteiger partial charge is 0.251 e. The van der Waals surface area contributed by atoms with Crippen molar-refractivity contribution >= 4 is 33.9 Å². The number of carbonyl (C=O) groups excluding carboxylic acids is 2. The Kier molecular flexibility index (Phi) is 11.9. The number of nitrogens with zero attached hydrogens (tertiary/aromatic N) is 4. The third kappa shape index (κ3) is 7.85. The summed E-state index contributed by atoms with van der Waals surface area (Å²) in [5, 5.41) is 5.38. The van der Waals surface area contributed by atoms with E-state index in [-0.39, 0.29) is 17.9 Å². The van der Waals surface area contributed by atoms with Gasteiger partial charge in [-0.2, -0.15) is 0 Å². The van der Waals surface area contributed by atoms with E-state index in [1.807, 2.05) is 36.4 Å². The predicted octanol–water partition coefficient (Wildman–Crippen LogP) is 11.6. The molecule has 2 amide bonds. The van der Waals surface area contributed by atoms with E-state index >= 15 is 0 Å². The van der Waals surface area contributed by atoms with Gasteiger partial charge in [0.2, 0.25) is 0 Å². The van der Waals surface area contributed by atoms with Crippen LogP contribution in [0.1, 0.15) is 75.3 Å². The van der Waals surface area contributed by atoms with E-state index in [0.717, 1.165) is 51.4 Å². The maximum atomic E-state index is 12.1. The van der Waals surface area contributed by atoms with Gasteiger partial charge < -0.3 is 19.8 Å². The molecule has 0 aliphatic rings. The molecule has 0 atom stereocenters. The third-order valence-electron chi connectivity index (χ3n) is 11.2. The number of amides is 2. The van der Waals surface area contributed by atoms with Crippen LogP contribution < -0.4 is 10.6 Å². The van der Waals surface area contributed by atoms with Crippen LogP contribution in [0.2, 0.25) is 0 Å². The molecular formula is C52H54N6O2. The van der Waals surface area contributed by atoms with Crippen molar-refractivity contribution in [3.63, 3.8) is 0 Å². The predicted molar refractivity (Wildman–Crippen MR) is 248 cm³/mol. The number of hydrogen-bond acceptors (Lipinski definition) is 4. The molecule has 0 bridgehead atoms. The van der Waals surface area contributed by atoms with Crippen molar-refractivity contribution in [2.45, 2.75) is 68.0 Å². The Morgan fingerprint density at radius 2 is 1.05 bits per heavy atom. The van der Waals surface area contributed by atoms with Gasteiger partial charge in [-0.15, -0.1) is 0 Å². The summed E-state index contributed by atoms with van der Waals surface area (Å²) in [4.78, 5) is 34.2. The van der Waals surface area contributed by atoms with E-state index in [0.29, 0.717) is 11.1 Å². The summed E-state index contributed by atoms with van der Waals surface area (Å²) in [7, 11) is 3.29. The zero-order chi connectivity index (χ0) is 42.8. The van der Waals surface area contributed by atoms with Crippen molar-refractivity contribution in [3.05, 3.63) is 154 Å². The number of hydrogen-bond donors (Lipinski definition) is 2. The van der Waals surface area contributed by atoms with Crippen molar-refractivity contribution in [1.29, 1.82) is 0 Å². The quantitative estimate of drug-likeness (QED) is 0.160. The van der Waals surface area contributed by atoms with E-state index in [1.165, 1.54) is 50.1 Å². The van der Waals surface area contributed by atoms with Crippen molar-refractivity contribution in [3.8, 4) is 45.0 Å². The molecule has 2 N–H and O–H groups in total. The van der Waals surface area contributed by atoms with Crippen molar-refractivity contribution in [1.82, 2.24) is 29.7 Å². The molecule has 2 heterocycles. The van der Waals surface area contributed by atoms with Gasteiger partial charge in [0.1, 0.15) is 11.6 Å². The number of rotatable bonds is 8. The summed E-state index contributed by atoms with van der Waals surface area (Å²) >= 11 is 0. The Hall–Kier alpha value is -6.80. The van der Waals surface area contributed by atoms with Gasteiger partial charge >= 0.3 is 0 Å². The highest BCUT2D eigenvalue weighted by Gasteiger charge is 2.21. The molecule has 0 radical (unpaired) electrons. The number of nitrogens with one attached hydrogen (secondary N) is 2. The molecule has 304 valence electrons. The van der Waals surface area contributed by atoms with Crippen LogP contribution in [-0.4, -0.2) is 45.0 Å². The molecule has 8 rings (SSSR count). The molecule has 2 aromatic heterocycles. The fraction of sp³-hybridized carbons (Fsp3) is 0.231. The van der Waals surface area contributed by atoms with E-state index < -0.39 is 0 Å². The molecule has 0 spiro atoms. The molecule has 0 saturated carbocycles. The van der Waals surface area contributed by atoms with Crippen LogP contribution in [0.5, 0.6) is 0 Å². The molecule has 0 saturated heterocycles. The number of fused-ring (bicyclic) bond motifs is 2. The Morgan fingerprint density at radius 1 is 0.550 bits per heavy atom. The average Bonchev–Trinajstić information content (AvgIpc) is 3.81. The number of carbonyl (C=O) groups is 2. The van der Waals surface area contributed by atoms with E-state index in [9.17, 15) is 9.59 Å². The number of benzene rings is 6. The van der Waals surface area contributed by atoms with Gasteiger partial charge in [-0.25, -0.2) is 9.97 Å². The van der Waals surface area contributed by atoms with E-state index in [2.05, 4.69) is 154 Å². The Labute approximate surface area is 353 Å². The Morgan fingerprint density at radius 3 is 1.60 bits per heavy atom. The molecule has 60 heavy (non-hydrogen) atoms. The largest absolute Gasteiger partial charge is 0.355 e. The summed E-state index contributed by atoms with van der Waals surface area (Å²) in [6.45, 7) is 18.0. The van der Waals surface area contributed by atoms with Gasteiger partial charge in [0.25, 0.3) is 11.8 Å². The normalized spacial score (nSPS) is 11.2. The molecule has 8 heteroatoms. The minimum Gasteiger partial charge on any atom is -0.355 e. The molecule has 0 aliphatic heterocycles. The lowest BCUT2D eigenvalue weighted by Crippen LogP contribution is -2.17. The second kappa shape index (κ2) is 17.2. The number of aromatic nitrogens is 4. The second-order valence-corrected chi connectivity index (χ2v) is 15.8. The Balaban J connectivity index is 0.000000181. The van der Waals surface area contributed by atoms with Crippen molar-refractivity contribution < 1.29 is 9.59 Å². The fourth-order valence-electron chi connectivity index (χ4n) is 8.57. The third-order valence-corrected chi connectivity index (χ3v) is 11.2. The Bertz CT molecular complexity index is 2890. The van der Waals surface area contributed by atoms with Crippen molar-refractivity contribution in [2.24, 2.45) is 0 Å². The first-order valence-corrected chi connectivity index (χ1v) is 20.7. The van der Waals surface area contributed by atoms with Crippen LogP contribution in [0.4, 0.5) is 0 Å². The SMILES string of the molecule is CCn1c(-c2ccccc2-c2c(C)cc(C)cc2C)nc2cc(C(=O)NC)ccc21.CNC(=O)c1ccc2c(c1)nc(-c1ccccc1-c1ccc(C)cc1C)n2C(C)C. The molecule has 8 aromatic rings. The van der Waals surface area contributed by atoms with Gasteiger partial charge in [-0.1, -0.05) is 90.0 Å². The lowest BCUT2D eigenvalue weighted by atomic mass is 9.90. The summed E-state index contributed by atoms with van der Waals surface area (Å²) in [6.07, 6.45) is 0. The average molecular weight is 795 g/mol. The monoisotopic (exact) mass is 794 g/mol. The minimum absolute atomic E-state index is 0.101. The van der Waals surface area contributed by atoms with Gasteiger partial charge in [-0.05, 0) is 131 Å². The van der Waals surface area contributed by atoms with E-state index in [1.54, 1.807) is 14.1 Å². The number of imidazole rings is 2. The highest BCUT2D eigenvalue weighted by atomic mass is 16.2. The summed E-state index contributed by atoms with van der Waals surface area (Å²) in [6, 6.07) is 39.6. The first-order chi connectivity index (χ1) is 28.8. The fourth-order valence-corrected chi connectivity index (χ4v) is 8.57. The first kappa shape index (κ1) is 41.4. The van der Waals surface area contributed by atoms with Crippen LogP contribution in [-0.2, 0) is 6.54 Å². The topological polar surface area (TPSA) is 93.8 Å². The highest BCUT2D eigenvalue weighted by Crippen LogP contribution is 2.39. The minimum atomic E-state index is -0.103. The zero-order valence-electron chi connectivity index (χ0n) is 36.4. The second-order valence-electron chi connectivity index (χ2n) is 15.8. The molecule has 8 nitrogen and oxygen atoms in total. The lowest BCUT2D eigenvalue weighted by molar-refractivity contribution is 0.0955. The molecule has 0 aliphatic carbocycles. The zero-order valence-corrected chi connectivity index (χ0v) is 36.4. The van der Waals surface area contributed by atoms with Crippen LogP contribution in [0.3, 0.4) is 0 Å². The van der Waals surface area contributed by atoms with Crippen LogP contribution in [0, 0.1) is 34.6 Å². The molecule has 6 aromatic carbocycles. The summed E-state index contributed by atoms with van der Waals surface area (Å²) < 4.78 is 4.48. The van der Waals surface area contributed by atoms with Crippen LogP contribution in [0.15, 0.2) is 115 Å². The first-order valence-electron chi connectivity index (χ1n) is 20.7. The van der Waals surface area contributed by atoms with Gasteiger partial charge in [0.05, 0.1) is 22.1 Å². The number of aryl methyl sites for hydroxylation is 6. The standard InChI is InChI=1S/2C26H27N3O/c1-16(2)29-24-13-11-19(26(30)27-5)15-23(24)28-25(29)22-9-7-6-8-21(22)20-12-10-17(3)14-18(20)4;1-6-29-23-12-11-19(26(30)27-5)15-22(23)28-25(29)21-10-8-7-9-20(21)24-17(3)13-16(2)14-18(24)4/h6-16H,1-5H3,(H,27,30);7-15H,6H2,1-5H3,(H,27,30). The maximum Gasteiger partial charge on any atom is 0.251 e. The molecule has 0 unspecified atom stereocenters. The lowest BCUT2D eigenvalue weighted by Gasteiger charge is -2.17. The molecular weight excluding hydrogens is 741 g/mol. The van der Waals surface area contributed by atoms with Gasteiger partial charge in [-0.3, -0.25) is 9.59 Å².